The average Bonchev–Trinajstić information content (AvgIpc) is 3.29. The highest BCUT2D eigenvalue weighted by molar-refractivity contribution is 5.33. The van der Waals surface area contributed by atoms with Crippen LogP contribution in [0.25, 0.3) is 0 Å². The fraction of sp³-hybridized carbons (Fsp3) is 0.588. The second kappa shape index (κ2) is 7.45. The number of fused-ring (bicyclic) bond motifs is 1. The van der Waals surface area contributed by atoms with E-state index in [1.807, 2.05) is 16.9 Å². The first-order valence-corrected chi connectivity index (χ1v) is 8.76. The molecule has 134 valence electrons. The molecule has 0 aromatic carbocycles. The van der Waals surface area contributed by atoms with Gasteiger partial charge >= 0.3 is 0 Å². The second-order valence-corrected chi connectivity index (χ2v) is 6.41. The fourth-order valence-corrected chi connectivity index (χ4v) is 3.69. The van der Waals surface area contributed by atoms with Gasteiger partial charge in [0, 0.05) is 32.1 Å². The first kappa shape index (κ1) is 16.4. The van der Waals surface area contributed by atoms with Crippen molar-refractivity contribution in [3.63, 3.8) is 0 Å². The third-order valence-corrected chi connectivity index (χ3v) is 4.82. The largest absolute Gasteiger partial charge is 0.375 e. The highest BCUT2D eigenvalue weighted by Gasteiger charge is 2.44. The Kier molecular flexibility index (Phi) is 4.89. The maximum Gasteiger partial charge on any atom is 0.225 e. The van der Waals surface area contributed by atoms with Gasteiger partial charge in [-0.3, -0.25) is 4.68 Å². The van der Waals surface area contributed by atoms with Crippen molar-refractivity contribution in [2.75, 3.05) is 24.7 Å². The molecular weight excluding hydrogens is 325 g/mol. The van der Waals surface area contributed by atoms with Crippen LogP contribution >= 0.6 is 0 Å². The standard InChI is InChI=1S/C17H22FN5O2/c18-13-11-19-17(20-12-13)23-8-10-25-16-14(23)3-4-15(16)24-9-2-7-22-6-1-5-21-22/h1,5-6,11-12,14-16H,2-4,7-10H2/t14-,15+,16+/m0/s1. The van der Waals surface area contributed by atoms with Crippen LogP contribution in [-0.2, 0) is 16.0 Å². The van der Waals surface area contributed by atoms with Crippen molar-refractivity contribution in [1.29, 1.82) is 0 Å². The van der Waals surface area contributed by atoms with Crippen molar-refractivity contribution in [1.82, 2.24) is 19.7 Å². The monoisotopic (exact) mass is 347 g/mol. The summed E-state index contributed by atoms with van der Waals surface area (Å²) in [7, 11) is 0. The predicted molar refractivity (Wildman–Crippen MR) is 88.7 cm³/mol. The van der Waals surface area contributed by atoms with Gasteiger partial charge in [-0.15, -0.1) is 0 Å². The third kappa shape index (κ3) is 3.64. The molecule has 7 nitrogen and oxygen atoms in total. The molecule has 3 heterocycles. The molecule has 0 amide bonds. The van der Waals surface area contributed by atoms with Crippen molar-refractivity contribution < 1.29 is 13.9 Å². The number of morpholine rings is 1. The number of nitrogens with zero attached hydrogens (tertiary/aromatic N) is 5. The molecule has 0 unspecified atom stereocenters. The topological polar surface area (TPSA) is 65.3 Å². The smallest absolute Gasteiger partial charge is 0.225 e. The fourth-order valence-electron chi connectivity index (χ4n) is 3.69. The number of aromatic nitrogens is 4. The van der Waals surface area contributed by atoms with Gasteiger partial charge in [-0.2, -0.15) is 5.10 Å². The minimum absolute atomic E-state index is 0.0205. The highest BCUT2D eigenvalue weighted by Crippen LogP contribution is 2.33. The molecule has 0 radical (unpaired) electrons. The van der Waals surface area contributed by atoms with E-state index in [0.717, 1.165) is 32.4 Å². The molecule has 1 aliphatic heterocycles. The number of rotatable bonds is 6. The van der Waals surface area contributed by atoms with Crippen LogP contribution in [0.4, 0.5) is 10.3 Å². The molecule has 0 spiro atoms. The van der Waals surface area contributed by atoms with Crippen LogP contribution in [0, 0.1) is 5.82 Å². The average molecular weight is 347 g/mol. The van der Waals surface area contributed by atoms with E-state index in [9.17, 15) is 4.39 Å². The summed E-state index contributed by atoms with van der Waals surface area (Å²) in [5, 5.41) is 4.19. The summed E-state index contributed by atoms with van der Waals surface area (Å²) in [5.41, 5.74) is 0. The molecule has 2 aliphatic rings. The SMILES string of the molecule is Fc1cnc(N2CCO[C@H]3[C@H](OCCCn4cccn4)CC[C@@H]32)nc1. The molecule has 2 aromatic heterocycles. The first-order valence-electron chi connectivity index (χ1n) is 8.76. The molecule has 3 atom stereocenters. The summed E-state index contributed by atoms with van der Waals surface area (Å²) in [6.45, 7) is 2.86. The summed E-state index contributed by atoms with van der Waals surface area (Å²) in [6.07, 6.45) is 9.11. The Hall–Kier alpha value is -2.06. The zero-order chi connectivity index (χ0) is 17.1. The predicted octanol–water partition coefficient (Wildman–Crippen LogP) is 1.66. The highest BCUT2D eigenvalue weighted by atomic mass is 19.1. The summed E-state index contributed by atoms with van der Waals surface area (Å²) >= 11 is 0. The molecule has 0 bridgehead atoms. The molecule has 25 heavy (non-hydrogen) atoms. The van der Waals surface area contributed by atoms with Crippen molar-refractivity contribution in [2.45, 2.75) is 44.1 Å². The van der Waals surface area contributed by atoms with Gasteiger partial charge in [0.15, 0.2) is 5.82 Å². The van der Waals surface area contributed by atoms with Gasteiger partial charge < -0.3 is 14.4 Å². The van der Waals surface area contributed by atoms with Gasteiger partial charge in [-0.1, -0.05) is 0 Å². The zero-order valence-corrected chi connectivity index (χ0v) is 14.0. The summed E-state index contributed by atoms with van der Waals surface area (Å²) in [5.74, 6) is 0.150. The number of ether oxygens (including phenoxy) is 2. The Morgan fingerprint density at radius 1 is 1.28 bits per heavy atom. The molecule has 4 rings (SSSR count). The number of anilines is 1. The molecular formula is C17H22FN5O2. The van der Waals surface area contributed by atoms with E-state index in [0.29, 0.717) is 19.2 Å². The minimum Gasteiger partial charge on any atom is -0.375 e. The molecule has 1 aliphatic carbocycles. The van der Waals surface area contributed by atoms with Crippen molar-refractivity contribution in [2.24, 2.45) is 0 Å². The molecule has 8 heteroatoms. The number of hydrogen-bond donors (Lipinski definition) is 0. The maximum absolute atomic E-state index is 13.1. The van der Waals surface area contributed by atoms with E-state index < -0.39 is 5.82 Å². The van der Waals surface area contributed by atoms with E-state index in [1.165, 1.54) is 12.4 Å². The second-order valence-electron chi connectivity index (χ2n) is 6.41. The van der Waals surface area contributed by atoms with Crippen LogP contribution in [0.2, 0.25) is 0 Å². The quantitative estimate of drug-likeness (QED) is 0.741. The van der Waals surface area contributed by atoms with Crippen LogP contribution in [0.1, 0.15) is 19.3 Å². The summed E-state index contributed by atoms with van der Waals surface area (Å²) in [4.78, 5) is 10.4. The normalized spacial score (nSPS) is 26.0. The van der Waals surface area contributed by atoms with Crippen LogP contribution in [0.5, 0.6) is 0 Å². The van der Waals surface area contributed by atoms with Crippen molar-refractivity contribution in [3.8, 4) is 0 Å². The lowest BCUT2D eigenvalue weighted by Gasteiger charge is -2.39. The Balaban J connectivity index is 1.32. The number of hydrogen-bond acceptors (Lipinski definition) is 6. The van der Waals surface area contributed by atoms with Crippen LogP contribution < -0.4 is 4.90 Å². The first-order chi connectivity index (χ1) is 12.3. The molecule has 2 fully saturated rings. The number of halogens is 1. The van der Waals surface area contributed by atoms with E-state index in [1.54, 1.807) is 6.20 Å². The zero-order valence-electron chi connectivity index (χ0n) is 14.0. The van der Waals surface area contributed by atoms with Crippen LogP contribution in [0.15, 0.2) is 30.9 Å². The van der Waals surface area contributed by atoms with Crippen molar-refractivity contribution >= 4 is 5.95 Å². The summed E-state index contributed by atoms with van der Waals surface area (Å²) < 4.78 is 27.0. The Morgan fingerprint density at radius 2 is 2.16 bits per heavy atom. The molecule has 1 saturated heterocycles. The lowest BCUT2D eigenvalue weighted by atomic mass is 10.1. The van der Waals surface area contributed by atoms with Crippen molar-refractivity contribution in [3.05, 3.63) is 36.7 Å². The van der Waals surface area contributed by atoms with E-state index in [2.05, 4.69) is 20.0 Å². The van der Waals surface area contributed by atoms with Gasteiger partial charge in [-0.25, -0.2) is 14.4 Å². The lowest BCUT2D eigenvalue weighted by molar-refractivity contribution is -0.0726. The Bertz CT molecular complexity index is 666. The lowest BCUT2D eigenvalue weighted by Crippen LogP contribution is -2.52. The van der Waals surface area contributed by atoms with E-state index in [4.69, 9.17) is 9.47 Å². The van der Waals surface area contributed by atoms with E-state index in [-0.39, 0.29) is 18.2 Å². The maximum atomic E-state index is 13.1. The van der Waals surface area contributed by atoms with Crippen LogP contribution in [-0.4, -0.2) is 57.8 Å². The molecule has 1 saturated carbocycles. The number of aryl methyl sites for hydroxylation is 1. The van der Waals surface area contributed by atoms with Gasteiger partial charge in [-0.05, 0) is 25.3 Å². The van der Waals surface area contributed by atoms with Gasteiger partial charge in [0.2, 0.25) is 5.95 Å². The molecule has 2 aromatic rings. The van der Waals surface area contributed by atoms with Gasteiger partial charge in [0.1, 0.15) is 6.10 Å². The Morgan fingerprint density at radius 3 is 2.96 bits per heavy atom. The summed E-state index contributed by atoms with van der Waals surface area (Å²) in [6, 6.07) is 2.11. The minimum atomic E-state index is -0.418. The van der Waals surface area contributed by atoms with Gasteiger partial charge in [0.05, 0.1) is 31.1 Å². The van der Waals surface area contributed by atoms with Gasteiger partial charge in [0.25, 0.3) is 0 Å². The third-order valence-electron chi connectivity index (χ3n) is 4.82. The molecule has 0 N–H and O–H groups in total. The van der Waals surface area contributed by atoms with E-state index >= 15 is 0 Å². The van der Waals surface area contributed by atoms with Crippen LogP contribution in [0.3, 0.4) is 0 Å². The Labute approximate surface area is 145 Å².